The van der Waals surface area contributed by atoms with E-state index >= 15 is 4.39 Å². The molecule has 2 aromatic rings. The van der Waals surface area contributed by atoms with Crippen LogP contribution < -0.4 is 16.0 Å². The van der Waals surface area contributed by atoms with Crippen molar-refractivity contribution in [3.63, 3.8) is 0 Å². The number of amides is 5. The summed E-state index contributed by atoms with van der Waals surface area (Å²) >= 11 is 0. The lowest BCUT2D eigenvalue weighted by Gasteiger charge is -2.46. The highest BCUT2D eigenvalue weighted by atomic mass is 19.1. The van der Waals surface area contributed by atoms with Crippen LogP contribution in [0.3, 0.4) is 0 Å². The Kier molecular flexibility index (Phi) is 23.4. The van der Waals surface area contributed by atoms with E-state index in [4.69, 9.17) is 37.9 Å². The molecule has 3 N–H and O–H groups in total. The number of nitrogens with one attached hydrogen (secondary N) is 3. The molecular weight excluding hydrogens is 970 g/mol. The molecule has 3 atom stereocenters. The van der Waals surface area contributed by atoms with Crippen molar-refractivity contribution in [3.8, 4) is 0 Å². The van der Waals surface area contributed by atoms with Crippen LogP contribution in [0, 0.1) is 29.0 Å². The van der Waals surface area contributed by atoms with Gasteiger partial charge < -0.3 is 63.6 Å². The highest BCUT2D eigenvalue weighted by Crippen LogP contribution is 2.51. The molecule has 4 saturated carbocycles. The lowest BCUT2D eigenvalue weighted by Crippen LogP contribution is -2.56. The zero-order valence-corrected chi connectivity index (χ0v) is 45.1. The summed E-state index contributed by atoms with van der Waals surface area (Å²) in [6.45, 7) is 12.5. The Hall–Kier alpha value is -4.28. The molecule has 1 spiro atoms. The largest absolute Gasteiger partial charge is 0.382 e. The number of urea groups is 1. The van der Waals surface area contributed by atoms with Crippen molar-refractivity contribution >= 4 is 29.4 Å². The topological polar surface area (TPSA) is 203 Å². The predicted octanol–water partition coefficient (Wildman–Crippen LogP) is 5.81. The summed E-state index contributed by atoms with van der Waals surface area (Å²) in [5, 5.41) is 13.1. The minimum Gasteiger partial charge on any atom is -0.382 e. The van der Waals surface area contributed by atoms with Crippen LogP contribution in [0.1, 0.15) is 113 Å². The summed E-state index contributed by atoms with van der Waals surface area (Å²) in [6.07, 6.45) is 13.2. The van der Waals surface area contributed by atoms with E-state index in [-0.39, 0.29) is 47.0 Å². The molecule has 1 saturated heterocycles. The molecule has 5 aliphatic rings. The second kappa shape index (κ2) is 30.0. The maximum atomic E-state index is 16.2. The minimum absolute atomic E-state index is 0.0115. The Bertz CT molecular complexity index is 2060. The number of nitrogens with zero attached hydrogens (tertiary/aromatic N) is 4. The Balaban J connectivity index is 0.812. The van der Waals surface area contributed by atoms with E-state index in [0.717, 1.165) is 77.0 Å². The zero-order valence-electron chi connectivity index (χ0n) is 45.1. The van der Waals surface area contributed by atoms with Gasteiger partial charge in [0, 0.05) is 51.9 Å². The van der Waals surface area contributed by atoms with Gasteiger partial charge in [0.15, 0.2) is 0 Å². The molecule has 1 aromatic heterocycles. The van der Waals surface area contributed by atoms with Gasteiger partial charge in [0.25, 0.3) is 5.91 Å². The Labute approximate surface area is 443 Å². The number of carbonyl (C=O) groups excluding carboxylic acids is 4. The Morgan fingerprint density at radius 2 is 1.27 bits per heavy atom. The number of halogens is 1. The summed E-state index contributed by atoms with van der Waals surface area (Å²) in [4.78, 5) is 59.3. The van der Waals surface area contributed by atoms with E-state index in [2.05, 4.69) is 21.0 Å². The van der Waals surface area contributed by atoms with E-state index in [1.165, 1.54) is 12.1 Å². The van der Waals surface area contributed by atoms with Crippen molar-refractivity contribution in [2.75, 3.05) is 125 Å². The number of likely N-dealkylation sites (tertiary alicyclic amines) is 1. The third-order valence-electron chi connectivity index (χ3n) is 15.8. The molecule has 5 fully saturated rings. The van der Waals surface area contributed by atoms with Gasteiger partial charge in [-0.1, -0.05) is 13.0 Å². The van der Waals surface area contributed by atoms with Crippen molar-refractivity contribution in [2.24, 2.45) is 23.2 Å². The van der Waals surface area contributed by atoms with Crippen molar-refractivity contribution in [3.05, 3.63) is 47.5 Å². The molecule has 4 aliphatic carbocycles. The smallest absolute Gasteiger partial charge is 0.318 e. The van der Waals surface area contributed by atoms with Crippen LogP contribution in [0.4, 0.5) is 14.9 Å². The number of aromatic nitrogens is 2. The molecule has 420 valence electrons. The van der Waals surface area contributed by atoms with E-state index < -0.39 is 29.7 Å². The number of hydrogen-bond donors (Lipinski definition) is 3. The standard InChI is InChI=1S/C55H86FN7O12/c1-5-63-47(16-21-57-63)51(64)59-50(48(40-6-7-40)41-8-9-41)52(65)58-46-13-10-42(38-45(46)56)39(2)49(60-54(67)61(3)43-11-12-43)53(66)62-22-19-55(20-23-62)17-14-44(15-18-55)75-37-36-74-35-34-73-33-32-72-31-30-71-29-28-70-27-26-69-25-24-68-4/h10,13,16,21,38-41,43-44,48-50H,5-9,11-12,14-15,17-20,22-37H2,1-4H3,(H,58,65)(H,59,64)(H,60,67)/t39-,49+,50-/m0/s1. The first-order valence-corrected chi connectivity index (χ1v) is 27.8. The number of benzene rings is 1. The van der Waals surface area contributed by atoms with Crippen LogP contribution in [-0.4, -0.2) is 187 Å². The normalized spacial score (nSPS) is 19.0. The quantitative estimate of drug-likeness (QED) is 0.0700. The third kappa shape index (κ3) is 18.2. The molecule has 1 aliphatic heterocycles. The Morgan fingerprint density at radius 3 is 1.77 bits per heavy atom. The minimum atomic E-state index is -0.940. The average Bonchev–Trinajstić information content (AvgIpc) is 4.31. The number of methoxy groups -OCH3 is 1. The lowest BCUT2D eigenvalue weighted by molar-refractivity contribution is -0.137. The summed E-state index contributed by atoms with van der Waals surface area (Å²) in [5.74, 6) is -1.67. The maximum absolute atomic E-state index is 16.2. The first-order valence-electron chi connectivity index (χ1n) is 27.8. The fourth-order valence-corrected chi connectivity index (χ4v) is 10.7. The number of hydrogen-bond acceptors (Lipinski definition) is 13. The SMILES string of the molecule is CCn1nccc1C(=O)N[C@H](C(=O)Nc1ccc([C@H](C)[C@@H](NC(=O)N(C)C2CC2)C(=O)N2CCC3(CCC(OCCOCCOCCOCCOCCOCCOCCOC)CC3)CC2)cc1F)C(C1CC1)C1CC1. The second-order valence-corrected chi connectivity index (χ2v) is 21.1. The first-order chi connectivity index (χ1) is 36.5. The van der Waals surface area contributed by atoms with Crippen molar-refractivity contribution in [1.82, 2.24) is 30.2 Å². The number of rotatable bonds is 35. The van der Waals surface area contributed by atoms with E-state index in [1.54, 1.807) is 42.1 Å². The highest BCUT2D eigenvalue weighted by Gasteiger charge is 2.49. The predicted molar refractivity (Wildman–Crippen MR) is 278 cm³/mol. The summed E-state index contributed by atoms with van der Waals surface area (Å²) in [7, 11) is 3.39. The van der Waals surface area contributed by atoms with Crippen molar-refractivity contribution < 1.29 is 61.5 Å². The summed E-state index contributed by atoms with van der Waals surface area (Å²) in [6, 6.07) is 4.22. The van der Waals surface area contributed by atoms with E-state index in [9.17, 15) is 19.2 Å². The molecule has 19 nitrogen and oxygen atoms in total. The van der Waals surface area contributed by atoms with Gasteiger partial charge in [-0.25, -0.2) is 9.18 Å². The van der Waals surface area contributed by atoms with Gasteiger partial charge in [0.05, 0.1) is 104 Å². The fourth-order valence-electron chi connectivity index (χ4n) is 10.7. The van der Waals surface area contributed by atoms with Gasteiger partial charge in [-0.05, 0) is 131 Å². The van der Waals surface area contributed by atoms with Crippen LogP contribution in [0.2, 0.25) is 0 Å². The average molecular weight is 1060 g/mol. The number of anilines is 1. The van der Waals surface area contributed by atoms with Crippen LogP contribution in [0.15, 0.2) is 30.5 Å². The molecule has 0 radical (unpaired) electrons. The van der Waals surface area contributed by atoms with Crippen LogP contribution in [0.25, 0.3) is 0 Å². The van der Waals surface area contributed by atoms with Crippen LogP contribution >= 0.6 is 0 Å². The lowest BCUT2D eigenvalue weighted by atomic mass is 9.67. The van der Waals surface area contributed by atoms with E-state index in [1.807, 2.05) is 18.7 Å². The molecule has 0 unspecified atom stereocenters. The number of ether oxygens (including phenoxy) is 8. The van der Waals surface area contributed by atoms with Gasteiger partial charge in [0.2, 0.25) is 11.8 Å². The number of piperidine rings is 1. The summed E-state index contributed by atoms with van der Waals surface area (Å²) in [5.41, 5.74) is 1.01. The van der Waals surface area contributed by atoms with Crippen molar-refractivity contribution in [2.45, 2.75) is 128 Å². The van der Waals surface area contributed by atoms with Gasteiger partial charge in [0.1, 0.15) is 23.6 Å². The monoisotopic (exact) mass is 1060 g/mol. The first kappa shape index (κ1) is 58.4. The van der Waals surface area contributed by atoms with Gasteiger partial charge in [-0.2, -0.15) is 5.10 Å². The third-order valence-corrected chi connectivity index (χ3v) is 15.8. The Morgan fingerprint density at radius 1 is 0.720 bits per heavy atom. The zero-order chi connectivity index (χ0) is 53.0. The molecule has 75 heavy (non-hydrogen) atoms. The summed E-state index contributed by atoms with van der Waals surface area (Å²) < 4.78 is 62.1. The van der Waals surface area contributed by atoms with Crippen LogP contribution in [-0.2, 0) is 54.0 Å². The highest BCUT2D eigenvalue weighted by molar-refractivity contribution is 6.01. The van der Waals surface area contributed by atoms with Crippen LogP contribution in [0.5, 0.6) is 0 Å². The molecule has 5 amide bonds. The van der Waals surface area contributed by atoms with E-state index in [0.29, 0.717) is 135 Å². The van der Waals surface area contributed by atoms with Gasteiger partial charge >= 0.3 is 6.03 Å². The second-order valence-electron chi connectivity index (χ2n) is 21.1. The number of aryl methyl sites for hydroxylation is 1. The maximum Gasteiger partial charge on any atom is 0.318 e. The van der Waals surface area contributed by atoms with Gasteiger partial charge in [-0.3, -0.25) is 19.1 Å². The molecule has 7 rings (SSSR count). The van der Waals surface area contributed by atoms with Crippen molar-refractivity contribution in [1.29, 1.82) is 0 Å². The number of carbonyl (C=O) groups is 4. The molecule has 2 heterocycles. The molecular formula is C55H86FN7O12. The molecule has 0 bridgehead atoms. The molecule has 1 aromatic carbocycles. The van der Waals surface area contributed by atoms with Gasteiger partial charge in [-0.15, -0.1) is 0 Å². The fraction of sp³-hybridized carbons (Fsp3) is 0.764. The molecule has 20 heteroatoms.